The highest BCUT2D eigenvalue weighted by atomic mass is 79.9. The van der Waals surface area contributed by atoms with E-state index in [1.54, 1.807) is 12.1 Å². The number of hydrogen-bond acceptors (Lipinski definition) is 4. The molecule has 0 heterocycles. The zero-order chi connectivity index (χ0) is 14.5. The van der Waals surface area contributed by atoms with E-state index in [1.807, 2.05) is 0 Å². The van der Waals surface area contributed by atoms with Gasteiger partial charge in [-0.15, -0.1) is 0 Å². The largest absolute Gasteiger partial charge is 0.370 e. The van der Waals surface area contributed by atoms with Crippen molar-refractivity contribution in [1.29, 1.82) is 0 Å². The molecule has 0 saturated heterocycles. The molecule has 0 spiro atoms. The molecule has 6 nitrogen and oxygen atoms in total. The van der Waals surface area contributed by atoms with Crippen LogP contribution in [0.15, 0.2) is 32.0 Å². The van der Waals surface area contributed by atoms with Crippen LogP contribution in [0, 0.1) is 0 Å². The molecule has 0 radical (unpaired) electrons. The lowest BCUT2D eigenvalue weighted by molar-refractivity contribution is -0.122. The fraction of sp³-hybridized carbons (Fsp3) is 0.300. The Morgan fingerprint density at radius 2 is 2.05 bits per heavy atom. The highest BCUT2D eigenvalue weighted by molar-refractivity contribution is 9.11. The third-order valence-corrected chi connectivity index (χ3v) is 4.90. The second-order valence-corrected chi connectivity index (χ2v) is 7.00. The molecule has 0 unspecified atom stereocenters. The number of primary amides is 1. The summed E-state index contributed by atoms with van der Waals surface area (Å²) in [6, 6.07) is 4.74. The van der Waals surface area contributed by atoms with Crippen molar-refractivity contribution in [1.82, 2.24) is 4.72 Å². The van der Waals surface area contributed by atoms with E-state index in [2.05, 4.69) is 36.6 Å². The smallest absolute Gasteiger partial charge is 0.243 e. The summed E-state index contributed by atoms with van der Waals surface area (Å²) in [6.07, 6.45) is 0. The van der Waals surface area contributed by atoms with Crippen molar-refractivity contribution in [3.63, 3.8) is 0 Å². The van der Waals surface area contributed by atoms with Crippen LogP contribution in [0.25, 0.3) is 0 Å². The first-order valence-electron chi connectivity index (χ1n) is 5.13. The Bertz CT molecular complexity index is 563. The minimum atomic E-state index is -3.62. The molecule has 19 heavy (non-hydrogen) atoms. The van der Waals surface area contributed by atoms with E-state index < -0.39 is 15.9 Å². The lowest BCUT2D eigenvalue weighted by atomic mass is 10.4. The van der Waals surface area contributed by atoms with Gasteiger partial charge in [0.2, 0.25) is 15.9 Å². The van der Waals surface area contributed by atoms with Gasteiger partial charge in [-0.05, 0) is 34.1 Å². The highest BCUT2D eigenvalue weighted by Crippen LogP contribution is 2.25. The van der Waals surface area contributed by atoms with E-state index in [1.165, 1.54) is 6.07 Å². The van der Waals surface area contributed by atoms with Gasteiger partial charge in [-0.2, -0.15) is 0 Å². The van der Waals surface area contributed by atoms with Crippen molar-refractivity contribution in [2.24, 2.45) is 5.73 Å². The number of benzene rings is 1. The predicted octanol–water partition coefficient (Wildman–Crippen LogP) is 0.992. The molecule has 1 aromatic rings. The van der Waals surface area contributed by atoms with Gasteiger partial charge in [-0.3, -0.25) is 4.79 Å². The van der Waals surface area contributed by atoms with E-state index >= 15 is 0 Å². The fourth-order valence-corrected chi connectivity index (χ4v) is 3.95. The zero-order valence-corrected chi connectivity index (χ0v) is 13.7. The van der Waals surface area contributed by atoms with Gasteiger partial charge in [0.15, 0.2) is 0 Å². The maximum Gasteiger partial charge on any atom is 0.243 e. The van der Waals surface area contributed by atoms with E-state index in [4.69, 9.17) is 10.5 Å². The normalized spacial score (nSPS) is 11.5. The zero-order valence-electron chi connectivity index (χ0n) is 9.73. The Labute approximate surface area is 128 Å². The summed E-state index contributed by atoms with van der Waals surface area (Å²) in [4.78, 5) is 10.5. The molecule has 3 N–H and O–H groups in total. The highest BCUT2D eigenvalue weighted by Gasteiger charge is 2.16. The van der Waals surface area contributed by atoms with Gasteiger partial charge in [0.1, 0.15) is 6.61 Å². The number of hydrogen-bond donors (Lipinski definition) is 2. The Kier molecular flexibility index (Phi) is 6.40. The second kappa shape index (κ2) is 7.34. The minimum absolute atomic E-state index is 0.0537. The van der Waals surface area contributed by atoms with Gasteiger partial charge < -0.3 is 10.5 Å². The number of halogens is 2. The van der Waals surface area contributed by atoms with Crippen LogP contribution in [0.4, 0.5) is 0 Å². The maximum atomic E-state index is 12.0. The Morgan fingerprint density at radius 1 is 1.37 bits per heavy atom. The Morgan fingerprint density at radius 3 is 2.63 bits per heavy atom. The molecule has 0 aromatic heterocycles. The molecule has 9 heteroatoms. The second-order valence-electron chi connectivity index (χ2n) is 3.49. The molecule has 0 fully saturated rings. The summed E-state index contributed by atoms with van der Waals surface area (Å²) in [5.74, 6) is -0.599. The number of carbonyl (C=O) groups is 1. The standard InChI is InChI=1S/C10H12Br2N2O4S/c11-7-1-2-9(8(12)5-7)19(16,17)14-3-4-18-6-10(13)15/h1-2,5,14H,3-4,6H2,(H2,13,15). The number of amides is 1. The topological polar surface area (TPSA) is 98.5 Å². The van der Waals surface area contributed by atoms with Gasteiger partial charge in [0, 0.05) is 15.5 Å². The van der Waals surface area contributed by atoms with Crippen LogP contribution in [-0.2, 0) is 19.6 Å². The monoisotopic (exact) mass is 414 g/mol. The van der Waals surface area contributed by atoms with Crippen molar-refractivity contribution < 1.29 is 17.9 Å². The fourth-order valence-electron chi connectivity index (χ4n) is 1.19. The Balaban J connectivity index is 2.59. The molecule has 0 atom stereocenters. The lowest BCUT2D eigenvalue weighted by Gasteiger charge is -2.08. The van der Waals surface area contributed by atoms with Crippen LogP contribution in [0.3, 0.4) is 0 Å². The molecule has 0 aliphatic rings. The van der Waals surface area contributed by atoms with Gasteiger partial charge in [-0.25, -0.2) is 13.1 Å². The summed E-state index contributed by atoms with van der Waals surface area (Å²) in [7, 11) is -3.62. The summed E-state index contributed by atoms with van der Waals surface area (Å²) < 4.78 is 32.3. The first kappa shape index (κ1) is 16.6. The molecule has 0 aliphatic carbocycles. The first-order chi connectivity index (χ1) is 8.83. The summed E-state index contributed by atoms with van der Waals surface area (Å²) in [6.45, 7) is -0.113. The number of ether oxygens (including phenoxy) is 1. The summed E-state index contributed by atoms with van der Waals surface area (Å²) in [5.41, 5.74) is 4.87. The van der Waals surface area contributed by atoms with E-state index in [-0.39, 0.29) is 24.7 Å². The Hall–Kier alpha value is -0.480. The summed E-state index contributed by atoms with van der Waals surface area (Å²) >= 11 is 6.42. The predicted molar refractivity (Wildman–Crippen MR) is 77.0 cm³/mol. The maximum absolute atomic E-state index is 12.0. The molecule has 0 saturated carbocycles. The molecular formula is C10H12Br2N2O4S. The van der Waals surface area contributed by atoms with Crippen molar-refractivity contribution in [3.8, 4) is 0 Å². The van der Waals surface area contributed by atoms with Crippen LogP contribution in [-0.4, -0.2) is 34.1 Å². The average molecular weight is 416 g/mol. The van der Waals surface area contributed by atoms with Gasteiger partial charge >= 0.3 is 0 Å². The van der Waals surface area contributed by atoms with E-state index in [0.29, 0.717) is 4.47 Å². The molecule has 106 valence electrons. The van der Waals surface area contributed by atoms with Gasteiger partial charge in [0.25, 0.3) is 0 Å². The van der Waals surface area contributed by atoms with Crippen molar-refractivity contribution in [2.75, 3.05) is 19.8 Å². The lowest BCUT2D eigenvalue weighted by Crippen LogP contribution is -2.29. The first-order valence-corrected chi connectivity index (χ1v) is 8.20. The van der Waals surface area contributed by atoms with Crippen LogP contribution in [0.2, 0.25) is 0 Å². The SMILES string of the molecule is NC(=O)COCCNS(=O)(=O)c1ccc(Br)cc1Br. The minimum Gasteiger partial charge on any atom is -0.370 e. The summed E-state index contributed by atoms with van der Waals surface area (Å²) in [5, 5.41) is 0. The average Bonchev–Trinajstić information content (AvgIpc) is 2.27. The van der Waals surface area contributed by atoms with Crippen LogP contribution >= 0.6 is 31.9 Å². The van der Waals surface area contributed by atoms with Crippen molar-refractivity contribution in [3.05, 3.63) is 27.1 Å². The van der Waals surface area contributed by atoms with Crippen molar-refractivity contribution >= 4 is 47.8 Å². The van der Waals surface area contributed by atoms with Crippen LogP contribution in [0.5, 0.6) is 0 Å². The van der Waals surface area contributed by atoms with Gasteiger partial charge in [-0.1, -0.05) is 15.9 Å². The molecule has 1 rings (SSSR count). The molecule has 0 bridgehead atoms. The van der Waals surface area contributed by atoms with Crippen LogP contribution in [0.1, 0.15) is 0 Å². The van der Waals surface area contributed by atoms with Gasteiger partial charge in [0.05, 0.1) is 11.5 Å². The molecular weight excluding hydrogens is 404 g/mol. The molecule has 1 aromatic carbocycles. The third kappa shape index (κ3) is 5.57. The van der Waals surface area contributed by atoms with Crippen LogP contribution < -0.4 is 10.5 Å². The van der Waals surface area contributed by atoms with E-state index in [0.717, 1.165) is 4.47 Å². The molecule has 0 aliphatic heterocycles. The number of rotatable bonds is 7. The number of nitrogens with two attached hydrogens (primary N) is 1. The number of carbonyl (C=O) groups excluding carboxylic acids is 1. The number of nitrogens with one attached hydrogen (secondary N) is 1. The van der Waals surface area contributed by atoms with E-state index in [9.17, 15) is 13.2 Å². The quantitative estimate of drug-likeness (QED) is 0.648. The third-order valence-electron chi connectivity index (χ3n) is 1.97. The number of sulfonamides is 1. The van der Waals surface area contributed by atoms with Crippen molar-refractivity contribution in [2.45, 2.75) is 4.90 Å². The molecule has 1 amide bonds.